The molecule has 1 heterocycles. The molecule has 128 valence electrons. The lowest BCUT2D eigenvalue weighted by atomic mass is 10.0. The number of hydrogen-bond acceptors (Lipinski definition) is 4. The van der Waals surface area contributed by atoms with Crippen LogP contribution in [0.2, 0.25) is 0 Å². The third-order valence-electron chi connectivity index (χ3n) is 3.86. The Morgan fingerprint density at radius 1 is 1.43 bits per heavy atom. The van der Waals surface area contributed by atoms with E-state index < -0.39 is 6.10 Å². The SMILES string of the molecule is CCC1Oc2cc(C(C)NC(=O)C(C)CN)ccc2NC1=O.Cl. The van der Waals surface area contributed by atoms with Crippen LogP contribution in [0.1, 0.15) is 38.8 Å². The maximum Gasteiger partial charge on any atom is 0.265 e. The smallest absolute Gasteiger partial charge is 0.265 e. The van der Waals surface area contributed by atoms with Gasteiger partial charge in [0, 0.05) is 12.5 Å². The fourth-order valence-electron chi connectivity index (χ4n) is 2.24. The third kappa shape index (κ3) is 4.36. The Morgan fingerprint density at radius 2 is 2.13 bits per heavy atom. The molecule has 1 aromatic carbocycles. The number of nitrogens with one attached hydrogen (secondary N) is 2. The van der Waals surface area contributed by atoms with Gasteiger partial charge in [-0.2, -0.15) is 0 Å². The first-order chi connectivity index (χ1) is 10.5. The molecule has 6 nitrogen and oxygen atoms in total. The van der Waals surface area contributed by atoms with Crippen LogP contribution in [0.3, 0.4) is 0 Å². The highest BCUT2D eigenvalue weighted by Gasteiger charge is 2.26. The Hall–Kier alpha value is -1.79. The summed E-state index contributed by atoms with van der Waals surface area (Å²) in [5, 5.41) is 5.75. The Kier molecular flexibility index (Phi) is 6.84. The van der Waals surface area contributed by atoms with Crippen LogP contribution in [-0.2, 0) is 9.59 Å². The summed E-state index contributed by atoms with van der Waals surface area (Å²) in [5.74, 6) is 0.214. The van der Waals surface area contributed by atoms with Crippen LogP contribution >= 0.6 is 12.4 Å². The number of fused-ring (bicyclic) bond motifs is 1. The first kappa shape index (κ1) is 19.3. The minimum Gasteiger partial charge on any atom is -0.478 e. The summed E-state index contributed by atoms with van der Waals surface area (Å²) in [5.41, 5.74) is 7.08. The van der Waals surface area contributed by atoms with Crippen molar-refractivity contribution in [1.29, 1.82) is 0 Å². The number of carbonyl (C=O) groups excluding carboxylic acids is 2. The zero-order valence-electron chi connectivity index (χ0n) is 13.6. The van der Waals surface area contributed by atoms with Crippen LogP contribution < -0.4 is 21.1 Å². The van der Waals surface area contributed by atoms with E-state index in [1.54, 1.807) is 13.0 Å². The molecule has 3 unspecified atom stereocenters. The molecule has 23 heavy (non-hydrogen) atoms. The Bertz CT molecular complexity index is 580. The molecule has 0 aromatic heterocycles. The van der Waals surface area contributed by atoms with E-state index >= 15 is 0 Å². The van der Waals surface area contributed by atoms with Gasteiger partial charge in [-0.25, -0.2) is 0 Å². The normalized spacial score (nSPS) is 18.6. The number of anilines is 1. The predicted molar refractivity (Wildman–Crippen MR) is 91.8 cm³/mol. The van der Waals surface area contributed by atoms with Gasteiger partial charge in [-0.1, -0.05) is 19.9 Å². The van der Waals surface area contributed by atoms with Gasteiger partial charge in [-0.15, -0.1) is 12.4 Å². The molecule has 2 amide bonds. The second kappa shape index (κ2) is 8.17. The van der Waals surface area contributed by atoms with Crippen LogP contribution in [-0.4, -0.2) is 24.5 Å². The number of ether oxygens (including phenoxy) is 1. The van der Waals surface area contributed by atoms with Crippen molar-refractivity contribution in [2.45, 2.75) is 39.3 Å². The van der Waals surface area contributed by atoms with Gasteiger partial charge in [-0.05, 0) is 31.0 Å². The van der Waals surface area contributed by atoms with Crippen molar-refractivity contribution in [3.63, 3.8) is 0 Å². The van der Waals surface area contributed by atoms with E-state index in [1.807, 2.05) is 26.0 Å². The molecular formula is C16H24ClN3O3. The van der Waals surface area contributed by atoms with Crippen LogP contribution in [0, 0.1) is 5.92 Å². The number of benzene rings is 1. The molecule has 1 aliphatic heterocycles. The van der Waals surface area contributed by atoms with Gasteiger partial charge >= 0.3 is 0 Å². The largest absolute Gasteiger partial charge is 0.478 e. The Balaban J connectivity index is 0.00000264. The van der Waals surface area contributed by atoms with Gasteiger partial charge in [0.2, 0.25) is 5.91 Å². The summed E-state index contributed by atoms with van der Waals surface area (Å²) in [6, 6.07) is 5.36. The van der Waals surface area contributed by atoms with Gasteiger partial charge in [-0.3, -0.25) is 9.59 Å². The van der Waals surface area contributed by atoms with Crippen molar-refractivity contribution < 1.29 is 14.3 Å². The summed E-state index contributed by atoms with van der Waals surface area (Å²) in [6.07, 6.45) is 0.139. The average Bonchev–Trinajstić information content (AvgIpc) is 2.52. The molecule has 0 aliphatic carbocycles. The maximum absolute atomic E-state index is 11.9. The minimum absolute atomic E-state index is 0. The summed E-state index contributed by atoms with van der Waals surface area (Å²) < 4.78 is 5.71. The molecule has 0 saturated heterocycles. The van der Waals surface area contributed by atoms with Crippen molar-refractivity contribution in [2.75, 3.05) is 11.9 Å². The van der Waals surface area contributed by atoms with Gasteiger partial charge in [0.05, 0.1) is 11.7 Å². The van der Waals surface area contributed by atoms with Crippen LogP contribution in [0.5, 0.6) is 5.75 Å². The van der Waals surface area contributed by atoms with Gasteiger partial charge < -0.3 is 21.1 Å². The lowest BCUT2D eigenvalue weighted by Crippen LogP contribution is -2.37. The second-order valence-corrected chi connectivity index (χ2v) is 5.63. The molecule has 0 radical (unpaired) electrons. The highest BCUT2D eigenvalue weighted by molar-refractivity contribution is 5.97. The molecule has 7 heteroatoms. The summed E-state index contributed by atoms with van der Waals surface area (Å²) in [4.78, 5) is 23.7. The fourth-order valence-corrected chi connectivity index (χ4v) is 2.24. The standard InChI is InChI=1S/C16H23N3O3.ClH/c1-4-13-16(21)19-12-6-5-11(7-14(12)22-13)10(3)18-15(20)9(2)8-17;/h5-7,9-10,13H,4,8,17H2,1-3H3,(H,18,20)(H,19,21);1H. The number of rotatable bonds is 5. The predicted octanol–water partition coefficient (Wildman–Crippen LogP) is 1.99. The van der Waals surface area contributed by atoms with E-state index in [0.29, 0.717) is 24.4 Å². The van der Waals surface area contributed by atoms with Gasteiger partial charge in [0.1, 0.15) is 5.75 Å². The van der Waals surface area contributed by atoms with Crippen molar-refractivity contribution in [2.24, 2.45) is 11.7 Å². The van der Waals surface area contributed by atoms with Crippen molar-refractivity contribution in [1.82, 2.24) is 5.32 Å². The van der Waals surface area contributed by atoms with Crippen molar-refractivity contribution in [3.05, 3.63) is 23.8 Å². The third-order valence-corrected chi connectivity index (χ3v) is 3.86. The summed E-state index contributed by atoms with van der Waals surface area (Å²) in [6.45, 7) is 5.91. The molecule has 3 atom stereocenters. The minimum atomic E-state index is -0.468. The van der Waals surface area contributed by atoms with E-state index in [0.717, 1.165) is 5.56 Å². The fraction of sp³-hybridized carbons (Fsp3) is 0.500. The number of carbonyl (C=O) groups is 2. The van der Waals surface area contributed by atoms with E-state index in [4.69, 9.17) is 10.5 Å². The zero-order valence-corrected chi connectivity index (χ0v) is 14.4. The van der Waals surface area contributed by atoms with Crippen molar-refractivity contribution >= 4 is 29.9 Å². The molecule has 1 aliphatic rings. The van der Waals surface area contributed by atoms with E-state index in [9.17, 15) is 9.59 Å². The number of nitrogens with two attached hydrogens (primary N) is 1. The quantitative estimate of drug-likeness (QED) is 0.763. The van der Waals surface area contributed by atoms with Crippen LogP contribution in [0.15, 0.2) is 18.2 Å². The van der Waals surface area contributed by atoms with Crippen LogP contribution in [0.4, 0.5) is 5.69 Å². The van der Waals surface area contributed by atoms with E-state index in [2.05, 4.69) is 10.6 Å². The highest BCUT2D eigenvalue weighted by Crippen LogP contribution is 2.33. The molecular weight excluding hydrogens is 318 g/mol. The second-order valence-electron chi connectivity index (χ2n) is 5.63. The topological polar surface area (TPSA) is 93.4 Å². The highest BCUT2D eigenvalue weighted by atomic mass is 35.5. The average molecular weight is 342 g/mol. The van der Waals surface area contributed by atoms with Crippen molar-refractivity contribution in [3.8, 4) is 5.75 Å². The van der Waals surface area contributed by atoms with E-state index in [1.165, 1.54) is 0 Å². The van der Waals surface area contributed by atoms with Gasteiger partial charge in [0.15, 0.2) is 6.10 Å². The zero-order chi connectivity index (χ0) is 16.3. The maximum atomic E-state index is 11.9. The first-order valence-corrected chi connectivity index (χ1v) is 7.58. The van der Waals surface area contributed by atoms with Crippen LogP contribution in [0.25, 0.3) is 0 Å². The molecule has 4 N–H and O–H groups in total. The number of amides is 2. The Morgan fingerprint density at radius 3 is 2.74 bits per heavy atom. The molecule has 0 spiro atoms. The lowest BCUT2D eigenvalue weighted by Gasteiger charge is -2.26. The molecule has 0 saturated carbocycles. The molecule has 0 bridgehead atoms. The molecule has 2 rings (SSSR count). The molecule has 0 fully saturated rings. The number of hydrogen-bond donors (Lipinski definition) is 3. The lowest BCUT2D eigenvalue weighted by molar-refractivity contribution is -0.125. The van der Waals surface area contributed by atoms with Gasteiger partial charge in [0.25, 0.3) is 5.91 Å². The molecule has 1 aromatic rings. The first-order valence-electron chi connectivity index (χ1n) is 7.58. The Labute approximate surface area is 142 Å². The van der Waals surface area contributed by atoms with E-state index in [-0.39, 0.29) is 36.2 Å². The summed E-state index contributed by atoms with van der Waals surface area (Å²) in [7, 11) is 0. The monoisotopic (exact) mass is 341 g/mol. The number of halogens is 1. The summed E-state index contributed by atoms with van der Waals surface area (Å²) >= 11 is 0.